The molecule has 1 heterocycles. The van der Waals surface area contributed by atoms with E-state index >= 15 is 0 Å². The summed E-state index contributed by atoms with van der Waals surface area (Å²) in [6.07, 6.45) is 2.24. The Morgan fingerprint density at radius 1 is 1.24 bits per heavy atom. The third-order valence-electron chi connectivity index (χ3n) is 3.69. The average molecular weight is 242 g/mol. The minimum atomic E-state index is -0.969. The standard InChI is InChI=1S/C12H19NO4/c1-3-10(14)11(15)13(4-2)8-6-5-7-9(13)12(16)17/h9H,3-8H2,1-2H3/p+1. The number of hydrogen-bond acceptors (Lipinski definition) is 3. The van der Waals surface area contributed by atoms with Crippen LogP contribution in [-0.2, 0) is 14.4 Å². The second-order valence-electron chi connectivity index (χ2n) is 4.51. The predicted molar refractivity (Wildman–Crippen MR) is 61.2 cm³/mol. The van der Waals surface area contributed by atoms with Gasteiger partial charge in [-0.1, -0.05) is 6.92 Å². The van der Waals surface area contributed by atoms with Gasteiger partial charge in [-0.3, -0.25) is 4.79 Å². The summed E-state index contributed by atoms with van der Waals surface area (Å²) in [7, 11) is 0. The topological polar surface area (TPSA) is 71.4 Å². The minimum absolute atomic E-state index is 0.144. The van der Waals surface area contributed by atoms with Crippen LogP contribution in [0, 0.1) is 0 Å². The van der Waals surface area contributed by atoms with E-state index in [0.29, 0.717) is 19.5 Å². The molecule has 0 aromatic carbocycles. The molecule has 1 N–H and O–H groups in total. The van der Waals surface area contributed by atoms with Crippen molar-refractivity contribution in [1.29, 1.82) is 0 Å². The van der Waals surface area contributed by atoms with Crippen LogP contribution in [0.5, 0.6) is 0 Å². The molecule has 1 rings (SSSR count). The van der Waals surface area contributed by atoms with Crippen molar-refractivity contribution in [2.45, 2.75) is 45.6 Å². The number of quaternary nitrogens is 1. The summed E-state index contributed by atoms with van der Waals surface area (Å²) >= 11 is 0. The second-order valence-corrected chi connectivity index (χ2v) is 4.51. The zero-order valence-corrected chi connectivity index (χ0v) is 10.4. The van der Waals surface area contributed by atoms with Crippen LogP contribution in [0.25, 0.3) is 0 Å². The molecule has 0 aromatic heterocycles. The minimum Gasteiger partial charge on any atom is -0.477 e. The van der Waals surface area contributed by atoms with Crippen molar-refractivity contribution in [2.24, 2.45) is 0 Å². The van der Waals surface area contributed by atoms with Crippen molar-refractivity contribution in [3.63, 3.8) is 0 Å². The summed E-state index contributed by atoms with van der Waals surface area (Å²) in [5.41, 5.74) is 0. The highest BCUT2D eigenvalue weighted by atomic mass is 16.4. The molecular formula is C12H20NO4+. The smallest absolute Gasteiger partial charge is 0.382 e. The van der Waals surface area contributed by atoms with E-state index in [1.54, 1.807) is 13.8 Å². The zero-order valence-electron chi connectivity index (χ0n) is 10.4. The van der Waals surface area contributed by atoms with Crippen LogP contribution in [0.4, 0.5) is 0 Å². The van der Waals surface area contributed by atoms with Crippen LogP contribution in [0.1, 0.15) is 39.5 Å². The fourth-order valence-corrected chi connectivity index (χ4v) is 2.63. The lowest BCUT2D eigenvalue weighted by atomic mass is 9.96. The monoisotopic (exact) mass is 242 g/mol. The van der Waals surface area contributed by atoms with Crippen molar-refractivity contribution in [1.82, 2.24) is 0 Å². The Kier molecular flexibility index (Phi) is 4.40. The first-order chi connectivity index (χ1) is 7.99. The Labute approximate surface area is 101 Å². The third kappa shape index (κ3) is 2.39. The van der Waals surface area contributed by atoms with Gasteiger partial charge in [0.05, 0.1) is 13.1 Å². The van der Waals surface area contributed by atoms with E-state index in [2.05, 4.69) is 0 Å². The largest absolute Gasteiger partial charge is 0.477 e. The van der Waals surface area contributed by atoms with E-state index in [1.807, 2.05) is 0 Å². The van der Waals surface area contributed by atoms with Gasteiger partial charge >= 0.3 is 11.9 Å². The first-order valence-electron chi connectivity index (χ1n) is 6.16. The van der Waals surface area contributed by atoms with Crippen molar-refractivity contribution in [2.75, 3.05) is 13.1 Å². The number of nitrogens with zero attached hydrogens (tertiary/aromatic N) is 1. The molecule has 17 heavy (non-hydrogen) atoms. The number of carbonyl (C=O) groups excluding carboxylic acids is 2. The highest BCUT2D eigenvalue weighted by Crippen LogP contribution is 2.27. The van der Waals surface area contributed by atoms with Crippen molar-refractivity contribution in [3.05, 3.63) is 0 Å². The molecule has 96 valence electrons. The zero-order chi connectivity index (χ0) is 13.1. The number of likely N-dealkylation sites (N-methyl/N-ethyl adjacent to an activating group) is 1. The van der Waals surface area contributed by atoms with Gasteiger partial charge in [0.25, 0.3) is 5.78 Å². The number of carbonyl (C=O) groups is 3. The first-order valence-corrected chi connectivity index (χ1v) is 6.16. The van der Waals surface area contributed by atoms with Crippen molar-refractivity contribution >= 4 is 17.7 Å². The van der Waals surface area contributed by atoms with E-state index in [9.17, 15) is 19.5 Å². The van der Waals surface area contributed by atoms with E-state index in [4.69, 9.17) is 0 Å². The van der Waals surface area contributed by atoms with Crippen LogP contribution in [0.2, 0.25) is 0 Å². The molecule has 0 bridgehead atoms. The Morgan fingerprint density at radius 3 is 2.35 bits per heavy atom. The highest BCUT2D eigenvalue weighted by molar-refractivity contribution is 6.33. The SMILES string of the molecule is CCC(=O)C(=O)[N+]1(CC)CCCCC1C(=O)O. The van der Waals surface area contributed by atoms with Gasteiger partial charge in [-0.05, 0) is 19.8 Å². The van der Waals surface area contributed by atoms with E-state index in [1.165, 1.54) is 0 Å². The molecule has 1 aliphatic rings. The third-order valence-corrected chi connectivity index (χ3v) is 3.69. The molecule has 2 unspecified atom stereocenters. The lowest BCUT2D eigenvalue weighted by Crippen LogP contribution is -2.65. The van der Waals surface area contributed by atoms with Gasteiger partial charge in [-0.25, -0.2) is 14.1 Å². The number of hydrogen-bond donors (Lipinski definition) is 1. The van der Waals surface area contributed by atoms with Gasteiger partial charge in [0.2, 0.25) is 0 Å². The molecule has 0 saturated carbocycles. The number of carboxylic acids is 1. The van der Waals surface area contributed by atoms with Crippen LogP contribution in [0.3, 0.4) is 0 Å². The number of aliphatic carboxylic acids is 1. The lowest BCUT2D eigenvalue weighted by molar-refractivity contribution is -0.871. The van der Waals surface area contributed by atoms with Crippen LogP contribution in [-0.4, -0.2) is 46.4 Å². The number of carboxylic acid groups (broad SMARTS) is 1. The molecule has 1 saturated heterocycles. The number of Topliss-reactive ketones (excluding diaryl/α,β-unsaturated/α-hetero) is 1. The van der Waals surface area contributed by atoms with Crippen molar-refractivity contribution < 1.29 is 24.0 Å². The lowest BCUT2D eigenvalue weighted by Gasteiger charge is -2.41. The maximum absolute atomic E-state index is 12.2. The highest BCUT2D eigenvalue weighted by Gasteiger charge is 2.50. The predicted octanol–water partition coefficient (Wildman–Crippen LogP) is 0.966. The number of ketones is 1. The van der Waals surface area contributed by atoms with Gasteiger partial charge in [-0.15, -0.1) is 0 Å². The fraction of sp³-hybridized carbons (Fsp3) is 0.750. The molecule has 5 nitrogen and oxygen atoms in total. The Bertz CT molecular complexity index is 339. The molecule has 1 amide bonds. The summed E-state index contributed by atoms with van der Waals surface area (Å²) in [4.78, 5) is 35.0. The number of likely N-dealkylation sites (tertiary alicyclic amines) is 1. The number of piperidine rings is 1. The van der Waals surface area contributed by atoms with Crippen molar-refractivity contribution in [3.8, 4) is 0 Å². The second kappa shape index (κ2) is 5.40. The van der Waals surface area contributed by atoms with E-state index in [-0.39, 0.29) is 10.9 Å². The molecule has 1 fully saturated rings. The Hall–Kier alpha value is -1.23. The molecule has 0 aromatic rings. The molecule has 0 aliphatic carbocycles. The quantitative estimate of drug-likeness (QED) is 0.589. The van der Waals surface area contributed by atoms with Gasteiger partial charge < -0.3 is 5.11 Å². The van der Waals surface area contributed by atoms with Gasteiger partial charge in [0.15, 0.2) is 6.04 Å². The molecule has 0 radical (unpaired) electrons. The number of amides is 1. The maximum Gasteiger partial charge on any atom is 0.382 e. The summed E-state index contributed by atoms with van der Waals surface area (Å²) in [5, 5.41) is 9.23. The molecule has 0 spiro atoms. The summed E-state index contributed by atoms with van der Waals surface area (Å²) in [5.74, 6) is -1.95. The fourth-order valence-electron chi connectivity index (χ4n) is 2.63. The summed E-state index contributed by atoms with van der Waals surface area (Å²) in [6, 6.07) is -0.753. The first kappa shape index (κ1) is 13.8. The maximum atomic E-state index is 12.2. The molecule has 1 aliphatic heterocycles. The number of rotatable bonds is 4. The van der Waals surface area contributed by atoms with Crippen LogP contribution < -0.4 is 0 Å². The summed E-state index contributed by atoms with van der Waals surface area (Å²) < 4.78 is -0.192. The average Bonchev–Trinajstić information content (AvgIpc) is 2.36. The van der Waals surface area contributed by atoms with Crippen LogP contribution in [0.15, 0.2) is 0 Å². The molecule has 2 atom stereocenters. The van der Waals surface area contributed by atoms with Gasteiger partial charge in [0.1, 0.15) is 0 Å². The summed E-state index contributed by atoms with van der Waals surface area (Å²) in [6.45, 7) is 4.26. The Morgan fingerprint density at radius 2 is 1.88 bits per heavy atom. The van der Waals surface area contributed by atoms with E-state index < -0.39 is 23.7 Å². The van der Waals surface area contributed by atoms with E-state index in [0.717, 1.165) is 12.8 Å². The Balaban J connectivity index is 3.09. The van der Waals surface area contributed by atoms with Gasteiger partial charge in [-0.2, -0.15) is 0 Å². The van der Waals surface area contributed by atoms with Gasteiger partial charge in [0, 0.05) is 12.8 Å². The molecular weight excluding hydrogens is 222 g/mol. The normalized spacial score (nSPS) is 28.7. The molecule has 5 heteroatoms. The van der Waals surface area contributed by atoms with Crippen LogP contribution >= 0.6 is 0 Å².